The number of hydrogen-bond acceptors (Lipinski definition) is 3. The molecule has 0 saturated heterocycles. The fourth-order valence-corrected chi connectivity index (χ4v) is 1.06. The maximum absolute atomic E-state index is 8.85. The highest BCUT2D eigenvalue weighted by atomic mass is 16.5. The van der Waals surface area contributed by atoms with E-state index in [9.17, 15) is 0 Å². The summed E-state index contributed by atoms with van der Waals surface area (Å²) in [5.74, 6) is 0.573. The lowest BCUT2D eigenvalue weighted by Crippen LogP contribution is -1.97. The third-order valence-electron chi connectivity index (χ3n) is 1.85. The van der Waals surface area contributed by atoms with Gasteiger partial charge < -0.3 is 10.5 Å². The highest BCUT2D eigenvalue weighted by molar-refractivity contribution is 5.53. The number of hydrogen-bond donors (Lipinski definition) is 1. The lowest BCUT2D eigenvalue weighted by Gasteiger charge is -2.06. The van der Waals surface area contributed by atoms with Gasteiger partial charge in [-0.05, 0) is 38.1 Å². The van der Waals surface area contributed by atoms with Gasteiger partial charge in [0.05, 0.1) is 5.56 Å². The normalized spacial score (nSPS) is 9.13. The summed E-state index contributed by atoms with van der Waals surface area (Å²) in [6.07, 6.45) is 1.96. The van der Waals surface area contributed by atoms with Gasteiger partial charge in [-0.1, -0.05) is 5.57 Å². The van der Waals surface area contributed by atoms with Crippen molar-refractivity contribution in [1.29, 1.82) is 5.26 Å². The smallest absolute Gasteiger partial charge is 0.137 e. The van der Waals surface area contributed by atoms with Crippen LogP contribution in [0.2, 0.25) is 0 Å². The molecule has 0 heterocycles. The highest BCUT2D eigenvalue weighted by Gasteiger charge is 2.02. The Balaban J connectivity index is 2.78. The molecule has 0 amide bonds. The Morgan fingerprint density at radius 1 is 1.53 bits per heavy atom. The van der Waals surface area contributed by atoms with Crippen LogP contribution in [0.3, 0.4) is 0 Å². The molecule has 0 aliphatic heterocycles. The molecule has 0 fully saturated rings. The van der Waals surface area contributed by atoms with Crippen molar-refractivity contribution >= 4 is 5.69 Å². The molecule has 3 heteroatoms. The number of nitrogen functional groups attached to an aromatic ring is 1. The molecule has 0 spiro atoms. The zero-order valence-corrected chi connectivity index (χ0v) is 8.95. The van der Waals surface area contributed by atoms with Crippen molar-refractivity contribution in [3.05, 3.63) is 35.4 Å². The van der Waals surface area contributed by atoms with Crippen molar-refractivity contribution in [3.63, 3.8) is 0 Å². The van der Waals surface area contributed by atoms with E-state index < -0.39 is 0 Å². The Morgan fingerprint density at radius 2 is 2.27 bits per heavy atom. The van der Waals surface area contributed by atoms with E-state index in [2.05, 4.69) is 0 Å². The fraction of sp³-hybridized carbons (Fsp3) is 0.250. The van der Waals surface area contributed by atoms with Gasteiger partial charge in [-0.2, -0.15) is 5.26 Å². The van der Waals surface area contributed by atoms with Crippen molar-refractivity contribution in [2.24, 2.45) is 0 Å². The number of nitrogens with zero attached hydrogens (tertiary/aromatic N) is 1. The molecule has 0 aliphatic carbocycles. The Labute approximate surface area is 89.8 Å². The van der Waals surface area contributed by atoms with Gasteiger partial charge in [-0.3, -0.25) is 0 Å². The number of rotatable bonds is 3. The predicted octanol–water partition coefficient (Wildman–Crippen LogP) is 2.49. The Bertz CT molecular complexity index is 412. The summed E-state index contributed by atoms with van der Waals surface area (Å²) in [5, 5.41) is 8.85. The van der Waals surface area contributed by atoms with Crippen LogP contribution in [0.25, 0.3) is 0 Å². The lowest BCUT2D eigenvalue weighted by atomic mass is 10.2. The molecule has 15 heavy (non-hydrogen) atoms. The number of nitriles is 1. The zero-order valence-electron chi connectivity index (χ0n) is 8.95. The van der Waals surface area contributed by atoms with Gasteiger partial charge in [0.25, 0.3) is 0 Å². The Kier molecular flexibility index (Phi) is 3.75. The summed E-state index contributed by atoms with van der Waals surface area (Å²) in [6, 6.07) is 7.09. The number of allylic oxidation sites excluding steroid dienone is 1. The topological polar surface area (TPSA) is 59.0 Å². The number of ether oxygens (including phenoxy) is 1. The van der Waals surface area contributed by atoms with E-state index in [0.717, 1.165) is 0 Å². The van der Waals surface area contributed by atoms with Crippen molar-refractivity contribution in [2.45, 2.75) is 13.8 Å². The summed E-state index contributed by atoms with van der Waals surface area (Å²) in [4.78, 5) is 0. The molecule has 0 bridgehead atoms. The standard InChI is InChI=1S/C12H14N2O/c1-9(2)5-6-15-12-4-3-11(14)7-10(12)8-13/h3-5,7H,6,14H2,1-2H3. The van der Waals surface area contributed by atoms with Crippen LogP contribution in [-0.2, 0) is 0 Å². The molecule has 78 valence electrons. The summed E-state index contributed by atoms with van der Waals surface area (Å²) < 4.78 is 5.44. The van der Waals surface area contributed by atoms with Crippen LogP contribution in [-0.4, -0.2) is 6.61 Å². The molecule has 0 radical (unpaired) electrons. The Morgan fingerprint density at radius 3 is 2.87 bits per heavy atom. The molecular formula is C12H14N2O. The second-order valence-electron chi connectivity index (χ2n) is 3.46. The third-order valence-corrected chi connectivity index (χ3v) is 1.85. The average Bonchev–Trinajstić information content (AvgIpc) is 2.19. The molecule has 1 rings (SSSR count). The predicted molar refractivity (Wildman–Crippen MR) is 60.5 cm³/mol. The van der Waals surface area contributed by atoms with Crippen molar-refractivity contribution in [1.82, 2.24) is 0 Å². The molecule has 3 nitrogen and oxygen atoms in total. The first kappa shape index (κ1) is 11.1. The fourth-order valence-electron chi connectivity index (χ4n) is 1.06. The summed E-state index contributed by atoms with van der Waals surface area (Å²) in [7, 11) is 0. The van der Waals surface area contributed by atoms with Crippen LogP contribution in [0.5, 0.6) is 5.75 Å². The van der Waals surface area contributed by atoms with Gasteiger partial charge in [0.15, 0.2) is 0 Å². The molecule has 0 saturated carbocycles. The van der Waals surface area contributed by atoms with E-state index in [1.165, 1.54) is 5.57 Å². The highest BCUT2D eigenvalue weighted by Crippen LogP contribution is 2.20. The van der Waals surface area contributed by atoms with Crippen LogP contribution in [0.15, 0.2) is 29.8 Å². The molecule has 0 unspecified atom stereocenters. The molecule has 2 N–H and O–H groups in total. The maximum Gasteiger partial charge on any atom is 0.137 e. The third kappa shape index (κ3) is 3.35. The first-order valence-corrected chi connectivity index (χ1v) is 4.69. The Hall–Kier alpha value is -1.95. The van der Waals surface area contributed by atoms with Crippen molar-refractivity contribution in [2.75, 3.05) is 12.3 Å². The van der Waals surface area contributed by atoms with Gasteiger partial charge in [-0.15, -0.1) is 0 Å². The van der Waals surface area contributed by atoms with Gasteiger partial charge >= 0.3 is 0 Å². The van der Waals surface area contributed by atoms with E-state index in [1.807, 2.05) is 26.0 Å². The maximum atomic E-state index is 8.85. The monoisotopic (exact) mass is 202 g/mol. The second kappa shape index (κ2) is 5.06. The summed E-state index contributed by atoms with van der Waals surface area (Å²) >= 11 is 0. The average molecular weight is 202 g/mol. The summed E-state index contributed by atoms with van der Waals surface area (Å²) in [5.41, 5.74) is 7.79. The van der Waals surface area contributed by atoms with E-state index in [-0.39, 0.29) is 0 Å². The molecule has 1 aromatic carbocycles. The minimum Gasteiger partial charge on any atom is -0.488 e. The van der Waals surface area contributed by atoms with E-state index in [1.54, 1.807) is 18.2 Å². The van der Waals surface area contributed by atoms with Gasteiger partial charge in [0.1, 0.15) is 18.4 Å². The van der Waals surface area contributed by atoms with Crippen LogP contribution in [0, 0.1) is 11.3 Å². The first-order chi connectivity index (χ1) is 7.13. The lowest BCUT2D eigenvalue weighted by molar-refractivity contribution is 0.361. The number of benzene rings is 1. The zero-order chi connectivity index (χ0) is 11.3. The number of nitrogens with two attached hydrogens (primary N) is 1. The molecular weight excluding hydrogens is 188 g/mol. The van der Waals surface area contributed by atoms with Crippen LogP contribution in [0.4, 0.5) is 5.69 Å². The number of anilines is 1. The van der Waals surface area contributed by atoms with E-state index >= 15 is 0 Å². The largest absolute Gasteiger partial charge is 0.488 e. The first-order valence-electron chi connectivity index (χ1n) is 4.69. The second-order valence-corrected chi connectivity index (χ2v) is 3.46. The van der Waals surface area contributed by atoms with E-state index in [0.29, 0.717) is 23.6 Å². The molecule has 1 aromatic rings. The SMILES string of the molecule is CC(C)=CCOc1ccc(N)cc1C#N. The molecule has 0 aliphatic rings. The van der Waals surface area contributed by atoms with Crippen LogP contribution >= 0.6 is 0 Å². The molecule has 0 aromatic heterocycles. The minimum absolute atomic E-state index is 0.470. The van der Waals surface area contributed by atoms with Gasteiger partial charge in [0.2, 0.25) is 0 Å². The quantitative estimate of drug-likeness (QED) is 0.605. The van der Waals surface area contributed by atoms with Crippen molar-refractivity contribution in [3.8, 4) is 11.8 Å². The summed E-state index contributed by atoms with van der Waals surface area (Å²) in [6.45, 7) is 4.47. The van der Waals surface area contributed by atoms with E-state index in [4.69, 9.17) is 15.7 Å². The van der Waals surface area contributed by atoms with Crippen LogP contribution in [0.1, 0.15) is 19.4 Å². The minimum atomic E-state index is 0.470. The van der Waals surface area contributed by atoms with Crippen LogP contribution < -0.4 is 10.5 Å². The van der Waals surface area contributed by atoms with Gasteiger partial charge in [0, 0.05) is 5.69 Å². The van der Waals surface area contributed by atoms with Gasteiger partial charge in [-0.25, -0.2) is 0 Å². The molecule has 0 atom stereocenters. The van der Waals surface area contributed by atoms with Crippen molar-refractivity contribution < 1.29 is 4.74 Å².